The topological polar surface area (TPSA) is 65.0 Å². The molecule has 6 heteroatoms. The van der Waals surface area contributed by atoms with Crippen molar-refractivity contribution in [2.45, 2.75) is 6.42 Å². The van der Waals surface area contributed by atoms with Gasteiger partial charge in [-0.3, -0.25) is 0 Å². The number of para-hydroxylation sites is 1. The molecule has 1 rings (SSSR count). The van der Waals surface area contributed by atoms with E-state index in [1.165, 1.54) is 6.07 Å². The zero-order valence-electron chi connectivity index (χ0n) is 10.7. The summed E-state index contributed by atoms with van der Waals surface area (Å²) in [6, 6.07) is 4.63. The van der Waals surface area contributed by atoms with Crippen LogP contribution in [0.15, 0.2) is 18.2 Å². The number of carboxylic acid groups (broad SMARTS) is 1. The molecule has 0 heterocycles. The third-order valence-corrected chi connectivity index (χ3v) is 2.61. The SMILES string of the molecule is COCCOCCCOc1c(Cl)cccc1C(=O)O. The highest BCUT2D eigenvalue weighted by atomic mass is 35.5. The Balaban J connectivity index is 2.38. The van der Waals surface area contributed by atoms with Crippen molar-refractivity contribution in [1.82, 2.24) is 0 Å². The number of carbonyl (C=O) groups is 1. The van der Waals surface area contributed by atoms with E-state index in [0.717, 1.165) is 0 Å². The van der Waals surface area contributed by atoms with Crippen molar-refractivity contribution >= 4 is 17.6 Å². The molecular formula is C13H17ClO5. The molecular weight excluding hydrogens is 272 g/mol. The molecule has 5 nitrogen and oxygen atoms in total. The van der Waals surface area contributed by atoms with Crippen LogP contribution in [0.2, 0.25) is 5.02 Å². The van der Waals surface area contributed by atoms with Gasteiger partial charge in [0.25, 0.3) is 0 Å². The Hall–Kier alpha value is -1.30. The highest BCUT2D eigenvalue weighted by molar-refractivity contribution is 6.32. The maximum absolute atomic E-state index is 11.0. The van der Waals surface area contributed by atoms with Crippen LogP contribution in [0.25, 0.3) is 0 Å². The molecule has 1 N–H and O–H groups in total. The molecule has 0 amide bonds. The second-order valence-electron chi connectivity index (χ2n) is 3.73. The third kappa shape index (κ3) is 5.46. The lowest BCUT2D eigenvalue weighted by molar-refractivity contribution is 0.0637. The van der Waals surface area contributed by atoms with Crippen LogP contribution in [0.5, 0.6) is 5.75 Å². The van der Waals surface area contributed by atoms with Crippen LogP contribution in [-0.2, 0) is 9.47 Å². The summed E-state index contributed by atoms with van der Waals surface area (Å²) >= 11 is 5.92. The molecule has 0 saturated carbocycles. The number of carboxylic acids is 1. The van der Waals surface area contributed by atoms with Gasteiger partial charge in [0.15, 0.2) is 5.75 Å². The van der Waals surface area contributed by atoms with Gasteiger partial charge in [0.05, 0.1) is 24.8 Å². The van der Waals surface area contributed by atoms with Gasteiger partial charge in [0.1, 0.15) is 5.56 Å². The van der Waals surface area contributed by atoms with Crippen LogP contribution in [0.3, 0.4) is 0 Å². The van der Waals surface area contributed by atoms with Crippen LogP contribution >= 0.6 is 11.6 Å². The molecule has 1 aromatic rings. The summed E-state index contributed by atoms with van der Waals surface area (Å²) in [5.74, 6) is -0.859. The lowest BCUT2D eigenvalue weighted by atomic mass is 10.2. The van der Waals surface area contributed by atoms with Gasteiger partial charge in [0.2, 0.25) is 0 Å². The zero-order chi connectivity index (χ0) is 14.1. The standard InChI is InChI=1S/C13H17ClO5/c1-17-8-9-18-6-3-7-19-12-10(13(15)16)4-2-5-11(12)14/h2,4-5H,3,6-9H2,1H3,(H,15,16). The fourth-order valence-corrected chi connectivity index (χ4v) is 1.63. The number of hydrogen-bond acceptors (Lipinski definition) is 4. The molecule has 1 aromatic carbocycles. The van der Waals surface area contributed by atoms with Crippen molar-refractivity contribution in [3.8, 4) is 5.75 Å². The predicted octanol–water partition coefficient (Wildman–Crippen LogP) is 2.47. The third-order valence-electron chi connectivity index (χ3n) is 2.31. The minimum Gasteiger partial charge on any atom is -0.491 e. The average Bonchev–Trinajstić information content (AvgIpc) is 2.39. The second-order valence-corrected chi connectivity index (χ2v) is 4.14. The molecule has 0 atom stereocenters. The van der Waals surface area contributed by atoms with E-state index in [4.69, 9.17) is 30.9 Å². The summed E-state index contributed by atoms with van der Waals surface area (Å²) in [6.45, 7) is 1.95. The van der Waals surface area contributed by atoms with Crippen LogP contribution in [0.1, 0.15) is 16.8 Å². The second kappa shape index (κ2) is 8.74. The van der Waals surface area contributed by atoms with Gasteiger partial charge >= 0.3 is 5.97 Å². The van der Waals surface area contributed by atoms with Crippen molar-refractivity contribution in [1.29, 1.82) is 0 Å². The number of aromatic carboxylic acids is 1. The predicted molar refractivity (Wildman–Crippen MR) is 71.2 cm³/mol. The largest absolute Gasteiger partial charge is 0.491 e. The Labute approximate surface area is 117 Å². The summed E-state index contributed by atoms with van der Waals surface area (Å²) in [6.07, 6.45) is 0.647. The first-order valence-corrected chi connectivity index (χ1v) is 6.26. The maximum atomic E-state index is 11.0. The van der Waals surface area contributed by atoms with Crippen LogP contribution in [-0.4, -0.2) is 44.6 Å². The Morgan fingerprint density at radius 2 is 2.05 bits per heavy atom. The number of halogens is 1. The van der Waals surface area contributed by atoms with E-state index >= 15 is 0 Å². The molecule has 0 radical (unpaired) electrons. The quantitative estimate of drug-likeness (QED) is 0.707. The van der Waals surface area contributed by atoms with Crippen LogP contribution < -0.4 is 4.74 Å². The maximum Gasteiger partial charge on any atom is 0.339 e. The van der Waals surface area contributed by atoms with Crippen molar-refractivity contribution in [2.75, 3.05) is 33.5 Å². The summed E-state index contributed by atoms with van der Waals surface area (Å²) < 4.78 is 15.5. The Kier molecular flexibility index (Phi) is 7.25. The van der Waals surface area contributed by atoms with Gasteiger partial charge in [-0.2, -0.15) is 0 Å². The Bertz CT molecular complexity index is 408. The highest BCUT2D eigenvalue weighted by Gasteiger charge is 2.14. The minimum absolute atomic E-state index is 0.0628. The van der Waals surface area contributed by atoms with E-state index in [2.05, 4.69) is 0 Å². The molecule has 0 spiro atoms. The van der Waals surface area contributed by atoms with Crippen LogP contribution in [0.4, 0.5) is 0 Å². The van der Waals surface area contributed by atoms with Gasteiger partial charge in [-0.1, -0.05) is 17.7 Å². The molecule has 0 aromatic heterocycles. The molecule has 0 unspecified atom stereocenters. The number of rotatable bonds is 9. The summed E-state index contributed by atoms with van der Waals surface area (Å²) in [5.41, 5.74) is 0.0628. The van der Waals surface area contributed by atoms with Gasteiger partial charge in [-0.15, -0.1) is 0 Å². The number of benzene rings is 1. The smallest absolute Gasteiger partial charge is 0.339 e. The Morgan fingerprint density at radius 3 is 2.74 bits per heavy atom. The molecule has 19 heavy (non-hydrogen) atoms. The van der Waals surface area contributed by atoms with E-state index < -0.39 is 5.97 Å². The van der Waals surface area contributed by atoms with E-state index in [0.29, 0.717) is 37.9 Å². The molecule has 0 aliphatic carbocycles. The lowest BCUT2D eigenvalue weighted by Crippen LogP contribution is -2.09. The first-order chi connectivity index (χ1) is 9.16. The number of hydrogen-bond donors (Lipinski definition) is 1. The molecule has 0 saturated heterocycles. The minimum atomic E-state index is -1.06. The number of methoxy groups -OCH3 is 1. The normalized spacial score (nSPS) is 10.4. The first kappa shape index (κ1) is 15.8. The van der Waals surface area contributed by atoms with Crippen molar-refractivity contribution in [3.63, 3.8) is 0 Å². The van der Waals surface area contributed by atoms with Crippen molar-refractivity contribution in [2.24, 2.45) is 0 Å². The average molecular weight is 289 g/mol. The Morgan fingerprint density at radius 1 is 1.26 bits per heavy atom. The van der Waals surface area contributed by atoms with Crippen molar-refractivity contribution < 1.29 is 24.1 Å². The van der Waals surface area contributed by atoms with E-state index in [1.807, 2.05) is 0 Å². The highest BCUT2D eigenvalue weighted by Crippen LogP contribution is 2.28. The van der Waals surface area contributed by atoms with Gasteiger partial charge in [-0.05, 0) is 12.1 Å². The summed E-state index contributed by atoms with van der Waals surface area (Å²) in [5, 5.41) is 9.30. The van der Waals surface area contributed by atoms with Gasteiger partial charge in [-0.25, -0.2) is 4.79 Å². The summed E-state index contributed by atoms with van der Waals surface area (Å²) in [4.78, 5) is 11.0. The number of ether oxygens (including phenoxy) is 3. The molecule has 0 aliphatic rings. The molecule has 0 aliphatic heterocycles. The fraction of sp³-hybridized carbons (Fsp3) is 0.462. The molecule has 0 bridgehead atoms. The van der Waals surface area contributed by atoms with E-state index in [9.17, 15) is 4.79 Å². The molecule has 0 fully saturated rings. The fourth-order valence-electron chi connectivity index (χ4n) is 1.40. The summed E-state index contributed by atoms with van der Waals surface area (Å²) in [7, 11) is 1.61. The molecule has 106 valence electrons. The first-order valence-electron chi connectivity index (χ1n) is 5.88. The monoisotopic (exact) mass is 288 g/mol. The van der Waals surface area contributed by atoms with E-state index in [1.54, 1.807) is 19.2 Å². The van der Waals surface area contributed by atoms with Crippen molar-refractivity contribution in [3.05, 3.63) is 28.8 Å². The van der Waals surface area contributed by atoms with E-state index in [-0.39, 0.29) is 11.3 Å². The lowest BCUT2D eigenvalue weighted by Gasteiger charge is -2.10. The van der Waals surface area contributed by atoms with Gasteiger partial charge in [0, 0.05) is 20.1 Å². The zero-order valence-corrected chi connectivity index (χ0v) is 11.5. The van der Waals surface area contributed by atoms with Gasteiger partial charge < -0.3 is 19.3 Å². The van der Waals surface area contributed by atoms with Crippen LogP contribution in [0, 0.1) is 0 Å².